The van der Waals surface area contributed by atoms with E-state index in [-0.39, 0.29) is 5.82 Å². The van der Waals surface area contributed by atoms with Gasteiger partial charge in [0, 0.05) is 5.69 Å². The third-order valence-electron chi connectivity index (χ3n) is 3.58. The van der Waals surface area contributed by atoms with Gasteiger partial charge in [0.1, 0.15) is 5.82 Å². The van der Waals surface area contributed by atoms with Gasteiger partial charge in [-0.15, -0.1) is 0 Å². The first kappa shape index (κ1) is 14.0. The number of aromatic nitrogens is 1. The zero-order valence-corrected chi connectivity index (χ0v) is 12.9. The van der Waals surface area contributed by atoms with Crippen LogP contribution in [0, 0.1) is 5.82 Å². The van der Waals surface area contributed by atoms with Crippen LogP contribution in [0.2, 0.25) is 0 Å². The quantitative estimate of drug-likeness (QED) is 0.707. The first-order chi connectivity index (χ1) is 10.2. The van der Waals surface area contributed by atoms with Crippen LogP contribution in [0.15, 0.2) is 36.4 Å². The summed E-state index contributed by atoms with van der Waals surface area (Å²) in [7, 11) is 0. The van der Waals surface area contributed by atoms with E-state index in [2.05, 4.69) is 42.3 Å². The number of thiazole rings is 1. The number of fused-ring (bicyclic) bond motifs is 1. The van der Waals surface area contributed by atoms with Crippen LogP contribution in [0.5, 0.6) is 0 Å². The van der Waals surface area contributed by atoms with Crippen molar-refractivity contribution in [3.05, 3.63) is 53.3 Å². The van der Waals surface area contributed by atoms with Crippen molar-refractivity contribution in [3.8, 4) is 0 Å². The van der Waals surface area contributed by atoms with Gasteiger partial charge in [-0.3, -0.25) is 0 Å². The molecule has 0 bridgehead atoms. The van der Waals surface area contributed by atoms with Crippen LogP contribution >= 0.6 is 11.3 Å². The minimum atomic E-state index is -0.221. The molecule has 0 saturated heterocycles. The molecule has 0 aliphatic rings. The normalized spacial score (nSPS) is 11.0. The van der Waals surface area contributed by atoms with E-state index in [9.17, 15) is 4.39 Å². The van der Waals surface area contributed by atoms with Gasteiger partial charge in [-0.2, -0.15) is 0 Å². The molecule has 0 aliphatic carbocycles. The molecule has 108 valence electrons. The van der Waals surface area contributed by atoms with E-state index >= 15 is 0 Å². The lowest BCUT2D eigenvalue weighted by molar-refractivity contribution is 0.630. The third kappa shape index (κ3) is 2.76. The number of para-hydroxylation sites is 1. The maximum absolute atomic E-state index is 13.3. The van der Waals surface area contributed by atoms with Crippen LogP contribution in [0.1, 0.15) is 25.0 Å². The number of anilines is 2. The maximum Gasteiger partial charge on any atom is 0.188 e. The number of halogens is 1. The molecule has 1 N–H and O–H groups in total. The Morgan fingerprint density at radius 2 is 1.81 bits per heavy atom. The lowest BCUT2D eigenvalue weighted by atomic mass is 10.0. The van der Waals surface area contributed by atoms with Crippen molar-refractivity contribution in [1.82, 2.24) is 4.98 Å². The zero-order chi connectivity index (χ0) is 14.8. The number of benzene rings is 2. The van der Waals surface area contributed by atoms with E-state index in [1.807, 2.05) is 0 Å². The molecular weight excluding hydrogens is 283 g/mol. The Hall–Kier alpha value is -1.94. The molecule has 4 heteroatoms. The van der Waals surface area contributed by atoms with E-state index < -0.39 is 0 Å². The molecule has 2 aromatic carbocycles. The molecule has 1 heterocycles. The molecule has 0 spiro atoms. The Labute approximate surface area is 127 Å². The Morgan fingerprint density at radius 3 is 2.48 bits per heavy atom. The van der Waals surface area contributed by atoms with Crippen molar-refractivity contribution in [2.45, 2.75) is 26.7 Å². The molecule has 0 amide bonds. The number of hydrogen-bond acceptors (Lipinski definition) is 3. The molecule has 0 atom stereocenters. The number of hydrogen-bond donors (Lipinski definition) is 1. The van der Waals surface area contributed by atoms with Gasteiger partial charge in [0.15, 0.2) is 5.13 Å². The fourth-order valence-corrected chi connectivity index (χ4v) is 3.36. The number of nitrogens with one attached hydrogen (secondary N) is 1. The highest BCUT2D eigenvalue weighted by molar-refractivity contribution is 7.22. The maximum atomic E-state index is 13.3. The van der Waals surface area contributed by atoms with Gasteiger partial charge in [0.2, 0.25) is 0 Å². The summed E-state index contributed by atoms with van der Waals surface area (Å²) in [6.07, 6.45) is 1.94. The summed E-state index contributed by atoms with van der Waals surface area (Å²) in [5, 5.41) is 4.25. The second kappa shape index (κ2) is 5.82. The summed E-state index contributed by atoms with van der Waals surface area (Å²) < 4.78 is 14.1. The highest BCUT2D eigenvalue weighted by Crippen LogP contribution is 2.32. The van der Waals surface area contributed by atoms with Gasteiger partial charge in [0.05, 0.1) is 10.2 Å². The van der Waals surface area contributed by atoms with Gasteiger partial charge >= 0.3 is 0 Å². The Kier molecular flexibility index (Phi) is 3.88. The summed E-state index contributed by atoms with van der Waals surface area (Å²) in [6, 6.07) is 11.1. The molecule has 3 rings (SSSR count). The van der Waals surface area contributed by atoms with Crippen LogP contribution in [0.3, 0.4) is 0 Å². The van der Waals surface area contributed by atoms with Crippen molar-refractivity contribution in [2.75, 3.05) is 5.32 Å². The van der Waals surface area contributed by atoms with E-state index in [0.717, 1.165) is 33.9 Å². The zero-order valence-electron chi connectivity index (χ0n) is 12.1. The third-order valence-corrected chi connectivity index (χ3v) is 4.51. The van der Waals surface area contributed by atoms with Gasteiger partial charge in [0.25, 0.3) is 0 Å². The van der Waals surface area contributed by atoms with Gasteiger partial charge in [-0.1, -0.05) is 43.4 Å². The van der Waals surface area contributed by atoms with Gasteiger partial charge < -0.3 is 5.32 Å². The van der Waals surface area contributed by atoms with Crippen molar-refractivity contribution in [1.29, 1.82) is 0 Å². The standard InChI is InChI=1S/C17H17FN2S/c1-3-11-6-5-7-12(4-2)16(11)20-17-19-14-9-8-13(18)10-15(14)21-17/h5-10H,3-4H2,1-2H3,(H,19,20). The number of rotatable bonds is 4. The molecule has 1 aromatic heterocycles. The SMILES string of the molecule is CCc1cccc(CC)c1Nc1nc2ccc(F)cc2s1. The minimum absolute atomic E-state index is 0.221. The van der Waals surface area contributed by atoms with Crippen molar-refractivity contribution in [2.24, 2.45) is 0 Å². The van der Waals surface area contributed by atoms with Crippen LogP contribution in [0.25, 0.3) is 10.2 Å². The first-order valence-corrected chi connectivity index (χ1v) is 7.96. The monoisotopic (exact) mass is 300 g/mol. The molecule has 0 aliphatic heterocycles. The molecule has 0 fully saturated rings. The van der Waals surface area contributed by atoms with Gasteiger partial charge in [-0.25, -0.2) is 9.37 Å². The number of nitrogens with zero attached hydrogens (tertiary/aromatic N) is 1. The molecule has 2 nitrogen and oxygen atoms in total. The topological polar surface area (TPSA) is 24.9 Å². The lowest BCUT2D eigenvalue weighted by Gasteiger charge is -2.13. The fraction of sp³-hybridized carbons (Fsp3) is 0.235. The van der Waals surface area contributed by atoms with Crippen molar-refractivity contribution < 1.29 is 4.39 Å². The van der Waals surface area contributed by atoms with Crippen LogP contribution in [0.4, 0.5) is 15.2 Å². The minimum Gasteiger partial charge on any atom is -0.331 e. The fourth-order valence-electron chi connectivity index (χ4n) is 2.46. The highest BCUT2D eigenvalue weighted by Gasteiger charge is 2.10. The molecule has 0 radical (unpaired) electrons. The highest BCUT2D eigenvalue weighted by atomic mass is 32.1. The smallest absolute Gasteiger partial charge is 0.188 e. The van der Waals surface area contributed by atoms with Crippen molar-refractivity contribution in [3.63, 3.8) is 0 Å². The van der Waals surface area contributed by atoms with E-state index in [1.165, 1.54) is 34.6 Å². The number of aryl methyl sites for hydroxylation is 2. The molecular formula is C17H17FN2S. The van der Waals surface area contributed by atoms with E-state index in [0.29, 0.717) is 0 Å². The molecule has 0 saturated carbocycles. The van der Waals surface area contributed by atoms with Crippen LogP contribution < -0.4 is 5.32 Å². The summed E-state index contributed by atoms with van der Waals surface area (Å²) in [5.41, 5.74) is 4.53. The van der Waals surface area contributed by atoms with Gasteiger partial charge in [-0.05, 0) is 42.2 Å². The average Bonchev–Trinajstić information content (AvgIpc) is 2.88. The van der Waals surface area contributed by atoms with E-state index in [1.54, 1.807) is 6.07 Å². The molecule has 0 unspecified atom stereocenters. The summed E-state index contributed by atoms with van der Waals surface area (Å²) in [5.74, 6) is -0.221. The summed E-state index contributed by atoms with van der Waals surface area (Å²) >= 11 is 1.48. The van der Waals surface area contributed by atoms with Crippen LogP contribution in [-0.2, 0) is 12.8 Å². The molecule has 21 heavy (non-hydrogen) atoms. The Balaban J connectivity index is 2.02. The van der Waals surface area contributed by atoms with Crippen LogP contribution in [-0.4, -0.2) is 4.98 Å². The average molecular weight is 300 g/mol. The second-order valence-electron chi connectivity index (χ2n) is 4.91. The first-order valence-electron chi connectivity index (χ1n) is 7.15. The Bertz CT molecular complexity index is 757. The predicted octanol–water partition coefficient (Wildman–Crippen LogP) is 5.30. The van der Waals surface area contributed by atoms with E-state index in [4.69, 9.17) is 0 Å². The second-order valence-corrected chi connectivity index (χ2v) is 5.95. The lowest BCUT2D eigenvalue weighted by Crippen LogP contribution is -1.99. The summed E-state index contributed by atoms with van der Waals surface area (Å²) in [6.45, 7) is 4.29. The largest absolute Gasteiger partial charge is 0.331 e. The summed E-state index contributed by atoms with van der Waals surface area (Å²) in [4.78, 5) is 4.54. The Morgan fingerprint density at radius 1 is 1.10 bits per heavy atom. The van der Waals surface area contributed by atoms with Crippen molar-refractivity contribution >= 4 is 32.4 Å². The molecule has 3 aromatic rings. The predicted molar refractivity (Wildman–Crippen MR) is 88.1 cm³/mol.